The summed E-state index contributed by atoms with van der Waals surface area (Å²) in [5.41, 5.74) is 1.08. The number of rotatable bonds is 5. The van der Waals surface area contributed by atoms with Crippen molar-refractivity contribution in [2.24, 2.45) is 0 Å². The number of hydrogen-bond acceptors (Lipinski definition) is 3. The molecule has 0 saturated carbocycles. The van der Waals surface area contributed by atoms with Gasteiger partial charge in [-0.05, 0) is 36.3 Å². The van der Waals surface area contributed by atoms with E-state index in [-0.39, 0.29) is 0 Å². The first kappa shape index (κ1) is 14.3. The molecule has 0 spiro atoms. The molecule has 0 amide bonds. The Morgan fingerprint density at radius 3 is 2.58 bits per heavy atom. The van der Waals surface area contributed by atoms with Crippen molar-refractivity contribution in [1.29, 1.82) is 0 Å². The van der Waals surface area contributed by atoms with Crippen molar-refractivity contribution >= 4 is 15.9 Å². The van der Waals surface area contributed by atoms with Crippen LogP contribution in [0, 0.1) is 0 Å². The molecule has 4 heteroatoms. The van der Waals surface area contributed by atoms with Gasteiger partial charge in [0.2, 0.25) is 5.79 Å². The van der Waals surface area contributed by atoms with Crippen molar-refractivity contribution < 1.29 is 14.2 Å². The lowest BCUT2D eigenvalue weighted by Crippen LogP contribution is -2.36. The van der Waals surface area contributed by atoms with Crippen LogP contribution in [-0.2, 0) is 20.8 Å². The van der Waals surface area contributed by atoms with Crippen molar-refractivity contribution in [3.8, 4) is 0 Å². The topological polar surface area (TPSA) is 27.7 Å². The Morgan fingerprint density at radius 1 is 1.21 bits per heavy atom. The molecule has 0 fully saturated rings. The third-order valence-corrected chi connectivity index (χ3v) is 3.54. The predicted molar refractivity (Wildman–Crippen MR) is 77.5 cm³/mol. The normalized spacial score (nSPS) is 22.2. The van der Waals surface area contributed by atoms with Crippen LogP contribution >= 0.6 is 15.9 Å². The number of hydrogen-bond donors (Lipinski definition) is 0. The fourth-order valence-electron chi connectivity index (χ4n) is 1.97. The van der Waals surface area contributed by atoms with E-state index >= 15 is 0 Å². The van der Waals surface area contributed by atoms with Crippen molar-refractivity contribution in [2.75, 3.05) is 14.2 Å². The van der Waals surface area contributed by atoms with E-state index in [0.717, 1.165) is 16.5 Å². The number of allylic oxidation sites excluding steroid dienone is 2. The van der Waals surface area contributed by atoms with E-state index in [0.29, 0.717) is 12.4 Å². The Bertz CT molecular complexity index is 479. The molecule has 0 radical (unpaired) electrons. The lowest BCUT2D eigenvalue weighted by atomic mass is 10.1. The van der Waals surface area contributed by atoms with Crippen molar-refractivity contribution in [3.63, 3.8) is 0 Å². The average molecular weight is 325 g/mol. The molecule has 0 N–H and O–H groups in total. The quantitative estimate of drug-likeness (QED) is 0.609. The zero-order chi connectivity index (χ0) is 13.7. The zero-order valence-corrected chi connectivity index (χ0v) is 12.6. The second-order valence-electron chi connectivity index (χ2n) is 4.20. The van der Waals surface area contributed by atoms with Crippen LogP contribution in [0.2, 0.25) is 0 Å². The number of benzene rings is 1. The highest BCUT2D eigenvalue weighted by molar-refractivity contribution is 9.10. The van der Waals surface area contributed by atoms with Crippen LogP contribution in [0.4, 0.5) is 0 Å². The highest BCUT2D eigenvalue weighted by atomic mass is 79.9. The smallest absolute Gasteiger partial charge is 0.247 e. The summed E-state index contributed by atoms with van der Waals surface area (Å²) in [7, 11) is 3.24. The first-order chi connectivity index (χ1) is 9.20. The summed E-state index contributed by atoms with van der Waals surface area (Å²) < 4.78 is 17.9. The second-order valence-corrected chi connectivity index (χ2v) is 5.11. The summed E-state index contributed by atoms with van der Waals surface area (Å²) in [5, 5.41) is 0. The maximum absolute atomic E-state index is 5.93. The molecule has 1 aromatic carbocycles. The summed E-state index contributed by atoms with van der Waals surface area (Å²) in [5.74, 6) is -0.227. The van der Waals surface area contributed by atoms with Gasteiger partial charge in [-0.2, -0.15) is 0 Å². The minimum absolute atomic E-state index is 0.451. The van der Waals surface area contributed by atoms with Gasteiger partial charge in [0, 0.05) is 11.6 Å². The van der Waals surface area contributed by atoms with Crippen molar-refractivity contribution in [3.05, 3.63) is 58.3 Å². The minimum atomic E-state index is -0.917. The minimum Gasteiger partial charge on any atom is -0.495 e. The molecule has 0 aromatic heterocycles. The summed E-state index contributed by atoms with van der Waals surface area (Å²) in [4.78, 5) is 0. The SMILES string of the molecule is COC1=CCC=CC1(OC)OCc1ccc(Br)cc1. The molecule has 0 heterocycles. The van der Waals surface area contributed by atoms with E-state index in [2.05, 4.69) is 15.9 Å². The van der Waals surface area contributed by atoms with Crippen LogP contribution in [0.25, 0.3) is 0 Å². The molecule has 0 aliphatic heterocycles. The van der Waals surface area contributed by atoms with Gasteiger partial charge in [0.25, 0.3) is 0 Å². The van der Waals surface area contributed by atoms with Gasteiger partial charge in [0.15, 0.2) is 5.76 Å². The van der Waals surface area contributed by atoms with Gasteiger partial charge < -0.3 is 14.2 Å². The Kier molecular flexibility index (Phi) is 4.80. The molecule has 102 valence electrons. The molecule has 2 rings (SSSR count). The fourth-order valence-corrected chi connectivity index (χ4v) is 2.23. The molecule has 0 saturated heterocycles. The van der Waals surface area contributed by atoms with E-state index in [1.807, 2.05) is 42.5 Å². The molecular weight excluding hydrogens is 308 g/mol. The van der Waals surface area contributed by atoms with Gasteiger partial charge in [0.05, 0.1) is 13.7 Å². The Labute approximate surface area is 122 Å². The fraction of sp³-hybridized carbons (Fsp3) is 0.333. The Morgan fingerprint density at radius 2 is 1.95 bits per heavy atom. The van der Waals surface area contributed by atoms with Crippen LogP contribution in [-0.4, -0.2) is 20.0 Å². The summed E-state index contributed by atoms with van der Waals surface area (Å²) in [6, 6.07) is 8.00. The van der Waals surface area contributed by atoms with Gasteiger partial charge in [-0.15, -0.1) is 0 Å². The summed E-state index contributed by atoms with van der Waals surface area (Å²) >= 11 is 3.41. The van der Waals surface area contributed by atoms with Crippen LogP contribution in [0.3, 0.4) is 0 Å². The molecule has 1 aliphatic carbocycles. The van der Waals surface area contributed by atoms with E-state index < -0.39 is 5.79 Å². The van der Waals surface area contributed by atoms with Crippen LogP contribution in [0.5, 0.6) is 0 Å². The highest BCUT2D eigenvalue weighted by Gasteiger charge is 2.35. The first-order valence-electron chi connectivity index (χ1n) is 6.06. The molecule has 1 unspecified atom stereocenters. The number of ether oxygens (including phenoxy) is 3. The molecule has 1 aliphatic rings. The van der Waals surface area contributed by atoms with Crippen LogP contribution < -0.4 is 0 Å². The molecule has 3 nitrogen and oxygen atoms in total. The first-order valence-corrected chi connectivity index (χ1v) is 6.85. The molecular formula is C15H17BrO3. The number of methoxy groups -OCH3 is 2. The van der Waals surface area contributed by atoms with Crippen LogP contribution in [0.15, 0.2) is 52.7 Å². The maximum atomic E-state index is 5.93. The second kappa shape index (κ2) is 6.37. The zero-order valence-electron chi connectivity index (χ0n) is 11.1. The third-order valence-electron chi connectivity index (χ3n) is 3.01. The largest absolute Gasteiger partial charge is 0.495 e. The van der Waals surface area contributed by atoms with Gasteiger partial charge >= 0.3 is 0 Å². The van der Waals surface area contributed by atoms with Gasteiger partial charge in [-0.25, -0.2) is 0 Å². The molecule has 0 bridgehead atoms. The Balaban J connectivity index is 2.10. The van der Waals surface area contributed by atoms with Gasteiger partial charge in [-0.3, -0.25) is 0 Å². The van der Waals surface area contributed by atoms with Gasteiger partial charge in [0.1, 0.15) is 0 Å². The lowest BCUT2D eigenvalue weighted by Gasteiger charge is -2.32. The summed E-state index contributed by atoms with van der Waals surface area (Å²) in [6.45, 7) is 0.451. The molecule has 19 heavy (non-hydrogen) atoms. The Hall–Kier alpha value is -1.10. The monoisotopic (exact) mass is 324 g/mol. The van der Waals surface area contributed by atoms with Crippen LogP contribution in [0.1, 0.15) is 12.0 Å². The standard InChI is InChI=1S/C15H17BrO3/c1-17-14-5-3-4-10-15(14,18-2)19-11-12-6-8-13(16)9-7-12/h4-10H,3,11H2,1-2H3. The average Bonchev–Trinajstić information content (AvgIpc) is 2.47. The predicted octanol–water partition coefficient (Wildman–Crippen LogP) is 3.80. The van der Waals surface area contributed by atoms with E-state index in [1.165, 1.54) is 0 Å². The summed E-state index contributed by atoms with van der Waals surface area (Å²) in [6.07, 6.45) is 6.69. The van der Waals surface area contributed by atoms with E-state index in [4.69, 9.17) is 14.2 Å². The van der Waals surface area contributed by atoms with Gasteiger partial charge in [-0.1, -0.05) is 34.1 Å². The molecule has 1 aromatic rings. The van der Waals surface area contributed by atoms with E-state index in [9.17, 15) is 0 Å². The van der Waals surface area contributed by atoms with Crippen molar-refractivity contribution in [1.82, 2.24) is 0 Å². The maximum Gasteiger partial charge on any atom is 0.247 e. The third kappa shape index (κ3) is 3.26. The lowest BCUT2D eigenvalue weighted by molar-refractivity contribution is -0.191. The highest BCUT2D eigenvalue weighted by Crippen LogP contribution is 2.30. The number of halogens is 1. The van der Waals surface area contributed by atoms with E-state index in [1.54, 1.807) is 14.2 Å². The van der Waals surface area contributed by atoms with Crippen molar-refractivity contribution in [2.45, 2.75) is 18.8 Å². The molecule has 1 atom stereocenters.